The molecule has 138 valence electrons. The topological polar surface area (TPSA) is 54.0 Å². The Kier molecular flexibility index (Phi) is 6.86. The summed E-state index contributed by atoms with van der Waals surface area (Å²) in [4.78, 5) is 11.9. The van der Waals surface area contributed by atoms with E-state index in [2.05, 4.69) is 0 Å². The summed E-state index contributed by atoms with van der Waals surface area (Å²) >= 11 is 5.89. The van der Waals surface area contributed by atoms with E-state index in [1.54, 1.807) is 18.2 Å². The van der Waals surface area contributed by atoms with Crippen molar-refractivity contribution in [1.82, 2.24) is 0 Å². The second-order valence-electron chi connectivity index (χ2n) is 5.14. The fourth-order valence-corrected chi connectivity index (χ4v) is 2.42. The summed E-state index contributed by atoms with van der Waals surface area (Å²) in [7, 11) is 4.52. The lowest BCUT2D eigenvalue weighted by atomic mass is 10.1. The highest BCUT2D eigenvalue weighted by Gasteiger charge is 2.12. The minimum atomic E-state index is -0.570. The van der Waals surface area contributed by atoms with Gasteiger partial charge in [-0.15, -0.1) is 0 Å². The van der Waals surface area contributed by atoms with Gasteiger partial charge >= 0.3 is 5.97 Å². The normalized spacial score (nSPS) is 10.7. The molecule has 0 aliphatic rings. The Balaban J connectivity index is 2.07. The Labute approximate surface area is 155 Å². The molecule has 26 heavy (non-hydrogen) atoms. The summed E-state index contributed by atoms with van der Waals surface area (Å²) in [5.41, 5.74) is 1.18. The molecule has 0 N–H and O–H groups in total. The van der Waals surface area contributed by atoms with Crippen molar-refractivity contribution in [1.29, 1.82) is 0 Å². The average molecular weight is 381 g/mol. The van der Waals surface area contributed by atoms with Gasteiger partial charge in [0.15, 0.2) is 11.5 Å². The number of rotatable bonds is 7. The molecule has 0 fully saturated rings. The van der Waals surface area contributed by atoms with Crippen molar-refractivity contribution in [3.05, 3.63) is 58.4 Å². The summed E-state index contributed by atoms with van der Waals surface area (Å²) < 4.78 is 33.9. The van der Waals surface area contributed by atoms with E-state index >= 15 is 0 Å². The fraction of sp³-hybridized carbons (Fsp3) is 0.211. The Morgan fingerprint density at radius 2 is 1.73 bits per heavy atom. The molecular weight excluding hydrogens is 363 g/mol. The maximum atomic E-state index is 13.0. The van der Waals surface area contributed by atoms with Crippen LogP contribution in [-0.4, -0.2) is 27.3 Å². The number of benzene rings is 2. The second-order valence-corrected chi connectivity index (χ2v) is 5.54. The Morgan fingerprint density at radius 3 is 2.27 bits per heavy atom. The van der Waals surface area contributed by atoms with E-state index in [1.165, 1.54) is 39.5 Å². The lowest BCUT2D eigenvalue weighted by Gasteiger charge is -2.12. The van der Waals surface area contributed by atoms with Crippen molar-refractivity contribution >= 4 is 23.6 Å². The Morgan fingerprint density at radius 1 is 1.08 bits per heavy atom. The first-order valence-corrected chi connectivity index (χ1v) is 7.95. The molecule has 2 aromatic rings. The first kappa shape index (κ1) is 19.6. The van der Waals surface area contributed by atoms with Gasteiger partial charge in [-0.05, 0) is 35.9 Å². The van der Waals surface area contributed by atoms with Crippen molar-refractivity contribution in [2.24, 2.45) is 0 Å². The summed E-state index contributed by atoms with van der Waals surface area (Å²) in [6.45, 7) is -0.0580. The van der Waals surface area contributed by atoms with E-state index in [0.29, 0.717) is 28.4 Å². The number of hydrogen-bond donors (Lipinski definition) is 0. The molecule has 0 radical (unpaired) electrons. The molecule has 0 amide bonds. The maximum Gasteiger partial charge on any atom is 0.331 e. The minimum Gasteiger partial charge on any atom is -0.493 e. The van der Waals surface area contributed by atoms with Gasteiger partial charge in [0.1, 0.15) is 12.4 Å². The van der Waals surface area contributed by atoms with Gasteiger partial charge in [0.05, 0.1) is 26.4 Å². The van der Waals surface area contributed by atoms with Crippen LogP contribution in [0.25, 0.3) is 6.08 Å². The third-order valence-electron chi connectivity index (χ3n) is 3.48. The van der Waals surface area contributed by atoms with Crippen LogP contribution in [0.15, 0.2) is 36.4 Å². The van der Waals surface area contributed by atoms with Crippen molar-refractivity contribution in [2.75, 3.05) is 21.3 Å². The van der Waals surface area contributed by atoms with Crippen LogP contribution in [0.5, 0.6) is 17.2 Å². The molecule has 2 aromatic carbocycles. The number of ether oxygens (including phenoxy) is 4. The summed E-state index contributed by atoms with van der Waals surface area (Å²) in [5.74, 6) is 0.378. The third kappa shape index (κ3) is 4.89. The van der Waals surface area contributed by atoms with Crippen LogP contribution in [0.1, 0.15) is 11.1 Å². The van der Waals surface area contributed by atoms with Crippen LogP contribution in [0.3, 0.4) is 0 Å². The van der Waals surface area contributed by atoms with Gasteiger partial charge in [-0.3, -0.25) is 0 Å². The van der Waals surface area contributed by atoms with Gasteiger partial charge in [0.25, 0.3) is 0 Å². The number of carbonyl (C=O) groups excluding carboxylic acids is 1. The van der Waals surface area contributed by atoms with Crippen LogP contribution in [-0.2, 0) is 16.1 Å². The highest BCUT2D eigenvalue weighted by atomic mass is 35.5. The molecule has 0 aromatic heterocycles. The number of carbonyl (C=O) groups is 1. The van der Waals surface area contributed by atoms with Gasteiger partial charge in [-0.1, -0.05) is 17.7 Å². The molecule has 0 bridgehead atoms. The van der Waals surface area contributed by atoms with E-state index in [9.17, 15) is 9.18 Å². The van der Waals surface area contributed by atoms with Gasteiger partial charge in [-0.25, -0.2) is 9.18 Å². The molecule has 2 rings (SSSR count). The molecule has 0 heterocycles. The number of methoxy groups -OCH3 is 3. The quantitative estimate of drug-likeness (QED) is 0.530. The minimum absolute atomic E-state index is 0.0580. The first-order valence-electron chi connectivity index (χ1n) is 7.57. The van der Waals surface area contributed by atoms with Gasteiger partial charge < -0.3 is 18.9 Å². The van der Waals surface area contributed by atoms with Crippen LogP contribution >= 0.6 is 11.6 Å². The van der Waals surface area contributed by atoms with E-state index in [1.807, 2.05) is 0 Å². The number of hydrogen-bond acceptors (Lipinski definition) is 5. The highest BCUT2D eigenvalue weighted by molar-refractivity contribution is 6.31. The molecular formula is C19H18ClFO5. The van der Waals surface area contributed by atoms with Crippen LogP contribution < -0.4 is 14.2 Å². The predicted octanol–water partition coefficient (Wildman–Crippen LogP) is 4.26. The smallest absolute Gasteiger partial charge is 0.331 e. The van der Waals surface area contributed by atoms with E-state index in [4.69, 9.17) is 30.5 Å². The zero-order valence-corrected chi connectivity index (χ0v) is 15.3. The van der Waals surface area contributed by atoms with E-state index < -0.39 is 11.8 Å². The SMILES string of the molecule is COc1cc(/C=C/C(=O)OCc2ccc(F)cc2Cl)cc(OC)c1OC. The van der Waals surface area contributed by atoms with Gasteiger partial charge in [-0.2, -0.15) is 0 Å². The van der Waals surface area contributed by atoms with Crippen LogP contribution in [0.4, 0.5) is 4.39 Å². The lowest BCUT2D eigenvalue weighted by molar-refractivity contribution is -0.138. The van der Waals surface area contributed by atoms with E-state index in [-0.39, 0.29) is 11.6 Å². The van der Waals surface area contributed by atoms with Crippen LogP contribution in [0, 0.1) is 5.82 Å². The predicted molar refractivity (Wildman–Crippen MR) is 96.3 cm³/mol. The zero-order chi connectivity index (χ0) is 19.1. The fourth-order valence-electron chi connectivity index (χ4n) is 2.20. The number of halogens is 2. The molecule has 0 saturated heterocycles. The molecule has 0 aliphatic carbocycles. The molecule has 0 saturated carbocycles. The van der Waals surface area contributed by atoms with Crippen molar-refractivity contribution in [3.63, 3.8) is 0 Å². The van der Waals surface area contributed by atoms with Crippen molar-refractivity contribution in [2.45, 2.75) is 6.61 Å². The first-order chi connectivity index (χ1) is 12.5. The van der Waals surface area contributed by atoms with Crippen molar-refractivity contribution in [3.8, 4) is 17.2 Å². The van der Waals surface area contributed by atoms with Gasteiger partial charge in [0, 0.05) is 11.6 Å². The Hall–Kier alpha value is -2.73. The Bertz CT molecular complexity index is 795. The summed E-state index contributed by atoms with van der Waals surface area (Å²) in [5, 5.41) is 0.200. The number of esters is 1. The molecule has 5 nitrogen and oxygen atoms in total. The molecule has 0 atom stereocenters. The summed E-state index contributed by atoms with van der Waals surface area (Å²) in [6.07, 6.45) is 2.82. The summed E-state index contributed by atoms with van der Waals surface area (Å²) in [6, 6.07) is 7.27. The third-order valence-corrected chi connectivity index (χ3v) is 3.84. The second kappa shape index (κ2) is 9.10. The molecule has 0 unspecified atom stereocenters. The zero-order valence-electron chi connectivity index (χ0n) is 14.5. The highest BCUT2D eigenvalue weighted by Crippen LogP contribution is 2.38. The van der Waals surface area contributed by atoms with Gasteiger partial charge in [0.2, 0.25) is 5.75 Å². The molecule has 0 aliphatic heterocycles. The largest absolute Gasteiger partial charge is 0.493 e. The standard InChI is InChI=1S/C19H18ClFO5/c1-23-16-8-12(9-17(24-2)19(16)25-3)4-7-18(22)26-11-13-5-6-14(21)10-15(13)20/h4-10H,11H2,1-3H3/b7-4+. The van der Waals surface area contributed by atoms with Crippen molar-refractivity contribution < 1.29 is 28.1 Å². The van der Waals surface area contributed by atoms with E-state index in [0.717, 1.165) is 6.07 Å². The average Bonchev–Trinajstić information content (AvgIpc) is 2.64. The molecule has 7 heteroatoms. The molecule has 0 spiro atoms. The lowest BCUT2D eigenvalue weighted by Crippen LogP contribution is -2.01. The monoisotopic (exact) mass is 380 g/mol. The maximum absolute atomic E-state index is 13.0. The van der Waals surface area contributed by atoms with Crippen LogP contribution in [0.2, 0.25) is 5.02 Å².